The molecule has 2 N–H and O–H groups in total. The lowest BCUT2D eigenvalue weighted by Crippen LogP contribution is -2.54. The lowest BCUT2D eigenvalue weighted by molar-refractivity contribution is -0.131. The van der Waals surface area contributed by atoms with Crippen molar-refractivity contribution in [1.82, 2.24) is 10.6 Å². The molecule has 168 valence electrons. The largest absolute Gasteiger partial charge is 0.484 e. The predicted octanol–water partition coefficient (Wildman–Crippen LogP) is 2.86. The first-order valence-electron chi connectivity index (χ1n) is 11.0. The van der Waals surface area contributed by atoms with E-state index in [2.05, 4.69) is 21.6 Å². The number of hydrogen-bond acceptors (Lipinski definition) is 5. The van der Waals surface area contributed by atoms with Crippen molar-refractivity contribution in [3.05, 3.63) is 60.2 Å². The Morgan fingerprint density at radius 2 is 1.75 bits per heavy atom. The lowest BCUT2D eigenvalue weighted by Gasteiger charge is -2.35. The molecule has 0 spiro atoms. The van der Waals surface area contributed by atoms with E-state index in [0.717, 1.165) is 31.6 Å². The van der Waals surface area contributed by atoms with Gasteiger partial charge in [0.15, 0.2) is 6.61 Å². The van der Waals surface area contributed by atoms with E-state index in [4.69, 9.17) is 10.00 Å². The highest BCUT2D eigenvalue weighted by atomic mass is 16.5. The second kappa shape index (κ2) is 11.2. The summed E-state index contributed by atoms with van der Waals surface area (Å²) in [6.45, 7) is 5.33. The molecule has 0 radical (unpaired) electrons. The van der Waals surface area contributed by atoms with Gasteiger partial charge in [-0.1, -0.05) is 32.0 Å². The first-order valence-corrected chi connectivity index (χ1v) is 11.0. The van der Waals surface area contributed by atoms with Gasteiger partial charge in [-0.15, -0.1) is 0 Å². The molecule has 0 saturated carbocycles. The monoisotopic (exact) mass is 434 g/mol. The first kappa shape index (κ1) is 23.1. The quantitative estimate of drug-likeness (QED) is 0.666. The van der Waals surface area contributed by atoms with E-state index in [1.54, 1.807) is 12.1 Å². The fourth-order valence-electron chi connectivity index (χ4n) is 3.74. The SMILES string of the molecule is CC(C)C(NC(=O)COc1ccccc1)C(=O)NC1CCN(c2ccc(C#N)cc2)CC1. The van der Waals surface area contributed by atoms with E-state index in [0.29, 0.717) is 11.3 Å². The van der Waals surface area contributed by atoms with Gasteiger partial charge in [0, 0.05) is 24.8 Å². The lowest BCUT2D eigenvalue weighted by atomic mass is 10.00. The number of hydrogen-bond donors (Lipinski definition) is 2. The molecular weight excluding hydrogens is 404 g/mol. The van der Waals surface area contributed by atoms with Crippen LogP contribution in [0.3, 0.4) is 0 Å². The number of amides is 2. The molecule has 0 aromatic heterocycles. The zero-order valence-electron chi connectivity index (χ0n) is 18.6. The Morgan fingerprint density at radius 3 is 2.34 bits per heavy atom. The fraction of sp³-hybridized carbons (Fsp3) is 0.400. The van der Waals surface area contributed by atoms with Crippen LogP contribution in [-0.2, 0) is 9.59 Å². The maximum absolute atomic E-state index is 12.9. The Morgan fingerprint density at radius 1 is 1.09 bits per heavy atom. The van der Waals surface area contributed by atoms with Gasteiger partial charge in [0.25, 0.3) is 5.91 Å². The summed E-state index contributed by atoms with van der Waals surface area (Å²) in [6, 6.07) is 18.3. The van der Waals surface area contributed by atoms with Crippen molar-refractivity contribution < 1.29 is 14.3 Å². The van der Waals surface area contributed by atoms with Crippen LogP contribution in [0.15, 0.2) is 54.6 Å². The first-order chi connectivity index (χ1) is 15.5. The van der Waals surface area contributed by atoms with Crippen molar-refractivity contribution in [3.8, 4) is 11.8 Å². The number of ether oxygens (including phenoxy) is 1. The van der Waals surface area contributed by atoms with Crippen LogP contribution >= 0.6 is 0 Å². The number of carbonyl (C=O) groups excluding carboxylic acids is 2. The Balaban J connectivity index is 1.47. The molecule has 1 atom stereocenters. The van der Waals surface area contributed by atoms with Crippen LogP contribution < -0.4 is 20.3 Å². The Bertz CT molecular complexity index is 930. The smallest absolute Gasteiger partial charge is 0.258 e. The molecule has 7 nitrogen and oxygen atoms in total. The number of carbonyl (C=O) groups is 2. The maximum atomic E-state index is 12.9. The Labute approximate surface area is 189 Å². The highest BCUT2D eigenvalue weighted by Gasteiger charge is 2.28. The molecule has 2 amide bonds. The van der Waals surface area contributed by atoms with Crippen LogP contribution in [-0.4, -0.2) is 43.6 Å². The molecule has 1 unspecified atom stereocenters. The Kier molecular flexibility index (Phi) is 8.09. The molecule has 1 aliphatic heterocycles. The summed E-state index contributed by atoms with van der Waals surface area (Å²) in [5, 5.41) is 14.9. The topological polar surface area (TPSA) is 94.5 Å². The van der Waals surface area contributed by atoms with Crippen LogP contribution in [0, 0.1) is 17.2 Å². The number of benzene rings is 2. The number of nitrogens with zero attached hydrogens (tertiary/aromatic N) is 2. The van der Waals surface area contributed by atoms with E-state index in [1.165, 1.54) is 0 Å². The summed E-state index contributed by atoms with van der Waals surface area (Å²) < 4.78 is 5.48. The van der Waals surface area contributed by atoms with E-state index in [-0.39, 0.29) is 30.4 Å². The normalized spacial score (nSPS) is 15.0. The molecule has 2 aromatic rings. The molecule has 1 aliphatic rings. The summed E-state index contributed by atoms with van der Waals surface area (Å²) in [5.41, 5.74) is 1.73. The van der Waals surface area contributed by atoms with Gasteiger partial charge in [-0.05, 0) is 55.2 Å². The number of para-hydroxylation sites is 1. The fourth-order valence-corrected chi connectivity index (χ4v) is 3.74. The van der Waals surface area contributed by atoms with Gasteiger partial charge in [0.1, 0.15) is 11.8 Å². The molecule has 2 aromatic carbocycles. The maximum Gasteiger partial charge on any atom is 0.258 e. The van der Waals surface area contributed by atoms with Crippen molar-refractivity contribution in [2.45, 2.75) is 38.8 Å². The molecule has 1 saturated heterocycles. The van der Waals surface area contributed by atoms with Crippen LogP contribution in [0.2, 0.25) is 0 Å². The minimum absolute atomic E-state index is 0.0468. The molecule has 32 heavy (non-hydrogen) atoms. The third-order valence-corrected chi connectivity index (χ3v) is 5.58. The van der Waals surface area contributed by atoms with Crippen molar-refractivity contribution >= 4 is 17.5 Å². The summed E-state index contributed by atoms with van der Waals surface area (Å²) in [6.07, 6.45) is 1.64. The third kappa shape index (κ3) is 6.48. The predicted molar refractivity (Wildman–Crippen MR) is 123 cm³/mol. The van der Waals surface area contributed by atoms with Gasteiger partial charge < -0.3 is 20.3 Å². The highest BCUT2D eigenvalue weighted by molar-refractivity contribution is 5.88. The van der Waals surface area contributed by atoms with Crippen molar-refractivity contribution in [1.29, 1.82) is 5.26 Å². The van der Waals surface area contributed by atoms with Gasteiger partial charge >= 0.3 is 0 Å². The molecule has 7 heteroatoms. The van der Waals surface area contributed by atoms with Gasteiger partial charge in [0.05, 0.1) is 11.6 Å². The van der Waals surface area contributed by atoms with Crippen molar-refractivity contribution in [2.24, 2.45) is 5.92 Å². The third-order valence-electron chi connectivity index (χ3n) is 5.58. The van der Waals surface area contributed by atoms with E-state index in [1.807, 2.05) is 56.3 Å². The van der Waals surface area contributed by atoms with E-state index >= 15 is 0 Å². The van der Waals surface area contributed by atoms with Crippen LogP contribution in [0.1, 0.15) is 32.3 Å². The highest BCUT2D eigenvalue weighted by Crippen LogP contribution is 2.20. The second-order valence-corrected chi connectivity index (χ2v) is 8.32. The average molecular weight is 435 g/mol. The number of anilines is 1. The zero-order valence-corrected chi connectivity index (χ0v) is 18.6. The Hall–Kier alpha value is -3.53. The van der Waals surface area contributed by atoms with E-state index < -0.39 is 6.04 Å². The van der Waals surface area contributed by atoms with Crippen molar-refractivity contribution in [3.63, 3.8) is 0 Å². The van der Waals surface area contributed by atoms with Crippen molar-refractivity contribution in [2.75, 3.05) is 24.6 Å². The van der Waals surface area contributed by atoms with Crippen LogP contribution in [0.4, 0.5) is 5.69 Å². The molecule has 1 heterocycles. The number of nitriles is 1. The average Bonchev–Trinajstić information content (AvgIpc) is 2.82. The van der Waals surface area contributed by atoms with Gasteiger partial charge in [-0.25, -0.2) is 0 Å². The molecule has 0 bridgehead atoms. The molecular formula is C25H30N4O3. The van der Waals surface area contributed by atoms with Crippen LogP contribution in [0.25, 0.3) is 0 Å². The minimum Gasteiger partial charge on any atom is -0.484 e. The number of rotatable bonds is 8. The second-order valence-electron chi connectivity index (χ2n) is 8.32. The van der Waals surface area contributed by atoms with Gasteiger partial charge in [0.2, 0.25) is 5.91 Å². The minimum atomic E-state index is -0.613. The molecule has 1 fully saturated rings. The zero-order chi connectivity index (χ0) is 22.9. The van der Waals surface area contributed by atoms with Gasteiger partial charge in [-0.2, -0.15) is 5.26 Å². The summed E-state index contributed by atoms with van der Waals surface area (Å²) in [5.74, 6) is 0.0832. The molecule has 3 rings (SSSR count). The summed E-state index contributed by atoms with van der Waals surface area (Å²) >= 11 is 0. The van der Waals surface area contributed by atoms with Gasteiger partial charge in [-0.3, -0.25) is 9.59 Å². The standard InChI is InChI=1S/C25H30N4O3/c1-18(2)24(28-23(30)17-32-22-6-4-3-5-7-22)25(31)27-20-12-14-29(15-13-20)21-10-8-19(16-26)9-11-21/h3-11,18,20,24H,12-15,17H2,1-2H3,(H,27,31)(H,28,30). The number of piperidine rings is 1. The van der Waals surface area contributed by atoms with Crippen LogP contribution in [0.5, 0.6) is 5.75 Å². The molecule has 0 aliphatic carbocycles. The number of nitrogens with one attached hydrogen (secondary N) is 2. The summed E-state index contributed by atoms with van der Waals surface area (Å²) in [7, 11) is 0. The summed E-state index contributed by atoms with van der Waals surface area (Å²) in [4.78, 5) is 27.5. The van der Waals surface area contributed by atoms with E-state index in [9.17, 15) is 9.59 Å².